The summed E-state index contributed by atoms with van der Waals surface area (Å²) in [5.41, 5.74) is 4.47. The van der Waals surface area contributed by atoms with E-state index in [1.807, 2.05) is 19.9 Å². The molecule has 0 atom stereocenters. The van der Waals surface area contributed by atoms with Gasteiger partial charge in [0.1, 0.15) is 0 Å². The zero-order chi connectivity index (χ0) is 22.5. The molecular weight excluding hydrogens is 456 g/mol. The number of rotatable bonds is 7. The molecule has 162 valence electrons. The summed E-state index contributed by atoms with van der Waals surface area (Å²) in [7, 11) is 1.56. The van der Waals surface area contributed by atoms with Crippen molar-refractivity contribution in [1.29, 1.82) is 0 Å². The standard InChI is InChI=1S/C22H21ClN2O4S2/c1-4-9-29-17-8-6-14(11-18(17)28-3)12-19-21(27)25(22(30)31-19)24-20(26)15-7-5-13(2)10-16(15)23/h5-8,10-12H,4,9H2,1-3H3,(H,24,26)/b19-12-. The van der Waals surface area contributed by atoms with Crippen LogP contribution in [0.5, 0.6) is 11.5 Å². The molecule has 0 spiro atoms. The number of nitrogens with one attached hydrogen (secondary N) is 1. The number of benzene rings is 2. The number of hydrazine groups is 1. The van der Waals surface area contributed by atoms with E-state index < -0.39 is 11.8 Å². The lowest BCUT2D eigenvalue weighted by Crippen LogP contribution is -2.44. The van der Waals surface area contributed by atoms with E-state index in [0.717, 1.165) is 34.3 Å². The first-order valence-electron chi connectivity index (χ1n) is 9.50. The van der Waals surface area contributed by atoms with Gasteiger partial charge in [0.2, 0.25) is 0 Å². The lowest BCUT2D eigenvalue weighted by Gasteiger charge is -2.16. The summed E-state index contributed by atoms with van der Waals surface area (Å²) in [6, 6.07) is 10.5. The van der Waals surface area contributed by atoms with Gasteiger partial charge in [0.05, 0.1) is 29.2 Å². The first kappa shape index (κ1) is 23.1. The molecule has 0 unspecified atom stereocenters. The molecule has 31 heavy (non-hydrogen) atoms. The molecule has 0 bridgehead atoms. The van der Waals surface area contributed by atoms with Gasteiger partial charge in [-0.1, -0.05) is 42.4 Å². The number of methoxy groups -OCH3 is 1. The second kappa shape index (κ2) is 10.2. The second-order valence-electron chi connectivity index (χ2n) is 6.70. The van der Waals surface area contributed by atoms with E-state index in [1.165, 1.54) is 0 Å². The van der Waals surface area contributed by atoms with Gasteiger partial charge in [-0.05, 0) is 67.0 Å². The third kappa shape index (κ3) is 5.39. The van der Waals surface area contributed by atoms with Crippen LogP contribution in [0, 0.1) is 6.92 Å². The van der Waals surface area contributed by atoms with Crippen LogP contribution in [0.25, 0.3) is 6.08 Å². The molecule has 0 aromatic heterocycles. The van der Waals surface area contributed by atoms with E-state index in [0.29, 0.717) is 28.0 Å². The Hall–Kier alpha value is -2.55. The van der Waals surface area contributed by atoms with Gasteiger partial charge in [-0.3, -0.25) is 15.0 Å². The summed E-state index contributed by atoms with van der Waals surface area (Å²) in [5, 5.41) is 1.36. The van der Waals surface area contributed by atoms with E-state index in [1.54, 1.807) is 43.5 Å². The molecule has 1 saturated heterocycles. The van der Waals surface area contributed by atoms with Crippen LogP contribution < -0.4 is 14.9 Å². The lowest BCUT2D eigenvalue weighted by atomic mass is 10.1. The van der Waals surface area contributed by atoms with Gasteiger partial charge in [0, 0.05) is 0 Å². The number of thioether (sulfide) groups is 1. The molecule has 0 saturated carbocycles. The van der Waals surface area contributed by atoms with Gasteiger partial charge in [-0.2, -0.15) is 5.01 Å². The Balaban J connectivity index is 1.78. The zero-order valence-electron chi connectivity index (χ0n) is 17.2. The van der Waals surface area contributed by atoms with Gasteiger partial charge in [-0.15, -0.1) is 0 Å². The van der Waals surface area contributed by atoms with E-state index >= 15 is 0 Å². The summed E-state index contributed by atoms with van der Waals surface area (Å²) >= 11 is 12.5. The molecule has 1 heterocycles. The molecule has 3 rings (SSSR count). The number of hydrogen-bond donors (Lipinski definition) is 1. The van der Waals surface area contributed by atoms with E-state index in [4.69, 9.17) is 33.3 Å². The fraction of sp³-hybridized carbons (Fsp3) is 0.227. The second-order valence-corrected chi connectivity index (χ2v) is 8.78. The topological polar surface area (TPSA) is 67.9 Å². The van der Waals surface area contributed by atoms with E-state index in [2.05, 4.69) is 5.43 Å². The fourth-order valence-electron chi connectivity index (χ4n) is 2.79. The van der Waals surface area contributed by atoms with Crippen molar-refractivity contribution < 1.29 is 19.1 Å². The number of halogens is 1. The summed E-state index contributed by atoms with van der Waals surface area (Å²) in [6.45, 7) is 4.48. The first-order valence-corrected chi connectivity index (χ1v) is 11.1. The van der Waals surface area contributed by atoms with E-state index in [-0.39, 0.29) is 9.88 Å². The molecule has 1 fully saturated rings. The van der Waals surface area contributed by atoms with Crippen LogP contribution in [0.3, 0.4) is 0 Å². The smallest absolute Gasteiger partial charge is 0.285 e. The highest BCUT2D eigenvalue weighted by Crippen LogP contribution is 2.34. The number of thiocarbonyl (C=S) groups is 1. The van der Waals surface area contributed by atoms with Gasteiger partial charge in [0.15, 0.2) is 15.8 Å². The minimum Gasteiger partial charge on any atom is -0.493 e. The normalized spacial score (nSPS) is 14.8. The van der Waals surface area contributed by atoms with Gasteiger partial charge in [-0.25, -0.2) is 0 Å². The van der Waals surface area contributed by atoms with Crippen molar-refractivity contribution in [2.75, 3.05) is 13.7 Å². The molecular formula is C22H21ClN2O4S2. The molecule has 6 nitrogen and oxygen atoms in total. The molecule has 1 aliphatic rings. The van der Waals surface area contributed by atoms with Crippen LogP contribution in [0.2, 0.25) is 5.02 Å². The summed E-state index contributed by atoms with van der Waals surface area (Å²) in [5.74, 6) is 0.273. The SMILES string of the molecule is CCCOc1ccc(/C=C2\SC(=S)N(NC(=O)c3ccc(C)cc3Cl)C2=O)cc1OC. The Morgan fingerprint density at radius 2 is 2.03 bits per heavy atom. The molecule has 2 aromatic carbocycles. The maximum atomic E-state index is 12.8. The molecule has 0 radical (unpaired) electrons. The van der Waals surface area contributed by atoms with Crippen molar-refractivity contribution >= 4 is 57.8 Å². The molecule has 9 heteroatoms. The molecule has 0 aliphatic carbocycles. The average molecular weight is 477 g/mol. The molecule has 1 N–H and O–H groups in total. The highest BCUT2D eigenvalue weighted by Gasteiger charge is 2.34. The third-order valence-corrected chi connectivity index (χ3v) is 5.94. The number of nitrogens with zero attached hydrogens (tertiary/aromatic N) is 1. The Bertz CT molecular complexity index is 1070. The van der Waals surface area contributed by atoms with Crippen molar-refractivity contribution in [3.05, 3.63) is 63.0 Å². The molecule has 2 amide bonds. The fourth-order valence-corrected chi connectivity index (χ4v) is 4.29. The van der Waals surface area contributed by atoms with Crippen LogP contribution in [-0.2, 0) is 4.79 Å². The first-order chi connectivity index (χ1) is 14.8. The van der Waals surface area contributed by atoms with Crippen molar-refractivity contribution in [2.24, 2.45) is 0 Å². The summed E-state index contributed by atoms with van der Waals surface area (Å²) in [6.07, 6.45) is 2.57. The quantitative estimate of drug-likeness (QED) is 0.448. The maximum absolute atomic E-state index is 12.8. The third-order valence-electron chi connectivity index (χ3n) is 4.32. The van der Waals surface area contributed by atoms with Crippen molar-refractivity contribution in [2.45, 2.75) is 20.3 Å². The van der Waals surface area contributed by atoms with Crippen molar-refractivity contribution in [1.82, 2.24) is 10.4 Å². The Morgan fingerprint density at radius 1 is 1.26 bits per heavy atom. The maximum Gasteiger partial charge on any atom is 0.285 e. The van der Waals surface area contributed by atoms with Crippen LogP contribution in [0.4, 0.5) is 0 Å². The number of carbonyl (C=O) groups is 2. The number of hydrogen-bond acceptors (Lipinski definition) is 6. The summed E-state index contributed by atoms with van der Waals surface area (Å²) < 4.78 is 11.3. The van der Waals surface area contributed by atoms with Gasteiger partial charge >= 0.3 is 0 Å². The van der Waals surface area contributed by atoms with Crippen LogP contribution >= 0.6 is 35.6 Å². The van der Waals surface area contributed by atoms with Crippen molar-refractivity contribution in [3.8, 4) is 11.5 Å². The van der Waals surface area contributed by atoms with Gasteiger partial charge < -0.3 is 9.47 Å². The minimum absolute atomic E-state index is 0.225. The predicted molar refractivity (Wildman–Crippen MR) is 127 cm³/mol. The molecule has 1 aliphatic heterocycles. The van der Waals surface area contributed by atoms with Crippen LogP contribution in [-0.4, -0.2) is 34.9 Å². The zero-order valence-corrected chi connectivity index (χ0v) is 19.6. The monoisotopic (exact) mass is 476 g/mol. The highest BCUT2D eigenvalue weighted by atomic mass is 35.5. The van der Waals surface area contributed by atoms with Crippen LogP contribution in [0.15, 0.2) is 41.3 Å². The highest BCUT2D eigenvalue weighted by molar-refractivity contribution is 8.26. The molecule has 2 aromatic rings. The lowest BCUT2D eigenvalue weighted by molar-refractivity contribution is -0.123. The van der Waals surface area contributed by atoms with E-state index in [9.17, 15) is 9.59 Å². The Kier molecular flexibility index (Phi) is 7.59. The Morgan fingerprint density at radius 3 is 2.71 bits per heavy atom. The number of carbonyl (C=O) groups excluding carboxylic acids is 2. The number of ether oxygens (including phenoxy) is 2. The van der Waals surface area contributed by atoms with Crippen LogP contribution in [0.1, 0.15) is 34.8 Å². The number of amides is 2. The Labute approximate surface area is 195 Å². The predicted octanol–water partition coefficient (Wildman–Crippen LogP) is 4.99. The average Bonchev–Trinajstić information content (AvgIpc) is 2.99. The minimum atomic E-state index is -0.512. The summed E-state index contributed by atoms with van der Waals surface area (Å²) in [4.78, 5) is 25.8. The largest absolute Gasteiger partial charge is 0.493 e. The van der Waals surface area contributed by atoms with Gasteiger partial charge in [0.25, 0.3) is 11.8 Å². The van der Waals surface area contributed by atoms with Crippen molar-refractivity contribution in [3.63, 3.8) is 0 Å². The number of aryl methyl sites for hydroxylation is 1.